The van der Waals surface area contributed by atoms with Crippen molar-refractivity contribution in [3.8, 4) is 11.6 Å². The van der Waals surface area contributed by atoms with Crippen molar-refractivity contribution < 1.29 is 18.7 Å². The lowest BCUT2D eigenvalue weighted by Crippen LogP contribution is -2.03. The number of pyridine rings is 1. The van der Waals surface area contributed by atoms with Crippen molar-refractivity contribution in [1.82, 2.24) is 4.98 Å². The van der Waals surface area contributed by atoms with Crippen LogP contribution in [0.2, 0.25) is 0 Å². The lowest BCUT2D eigenvalue weighted by molar-refractivity contribution is 0.0599. The van der Waals surface area contributed by atoms with Gasteiger partial charge in [-0.3, -0.25) is 0 Å². The molecule has 0 aliphatic heterocycles. The van der Waals surface area contributed by atoms with E-state index in [1.165, 1.54) is 18.9 Å². The Kier molecular flexibility index (Phi) is 5.68. The molecule has 23 heavy (non-hydrogen) atoms. The van der Waals surface area contributed by atoms with Gasteiger partial charge in [-0.15, -0.1) is 0 Å². The molecule has 0 N–H and O–H groups in total. The summed E-state index contributed by atoms with van der Waals surface area (Å²) in [6, 6.07) is 8.60. The third-order valence-electron chi connectivity index (χ3n) is 3.78. The average molecular weight is 317 g/mol. The van der Waals surface area contributed by atoms with E-state index in [1.807, 2.05) is 12.1 Å². The number of carbonyl (C=O) groups is 1. The first-order valence-electron chi connectivity index (χ1n) is 7.60. The smallest absolute Gasteiger partial charge is 0.339 e. The Hall–Kier alpha value is -2.43. The van der Waals surface area contributed by atoms with Crippen LogP contribution in [0.3, 0.4) is 0 Å². The summed E-state index contributed by atoms with van der Waals surface area (Å²) in [6.45, 7) is 4.31. The summed E-state index contributed by atoms with van der Waals surface area (Å²) < 4.78 is 23.9. The van der Waals surface area contributed by atoms with Gasteiger partial charge in [-0.2, -0.15) is 0 Å². The number of benzene rings is 1. The molecule has 4 nitrogen and oxygen atoms in total. The Balaban J connectivity index is 2.14. The minimum atomic E-state index is -0.711. The number of aromatic nitrogens is 1. The molecule has 1 aromatic heterocycles. The predicted octanol–water partition coefficient (Wildman–Crippen LogP) is 4.70. The van der Waals surface area contributed by atoms with Crippen molar-refractivity contribution in [3.63, 3.8) is 0 Å². The van der Waals surface area contributed by atoms with Gasteiger partial charge in [0.05, 0.1) is 12.7 Å². The van der Waals surface area contributed by atoms with E-state index in [2.05, 4.69) is 23.6 Å². The first-order valence-corrected chi connectivity index (χ1v) is 7.60. The first kappa shape index (κ1) is 16.9. The minimum absolute atomic E-state index is 0.0430. The lowest BCUT2D eigenvalue weighted by atomic mass is 9.94. The van der Waals surface area contributed by atoms with Crippen LogP contribution < -0.4 is 4.74 Å². The molecular formula is C18H20FNO3. The van der Waals surface area contributed by atoms with Crippen LogP contribution in [0.5, 0.6) is 11.6 Å². The molecule has 0 saturated carbocycles. The van der Waals surface area contributed by atoms with Gasteiger partial charge >= 0.3 is 5.97 Å². The molecule has 0 radical (unpaired) electrons. The van der Waals surface area contributed by atoms with Crippen molar-refractivity contribution >= 4 is 5.97 Å². The van der Waals surface area contributed by atoms with Crippen LogP contribution in [-0.2, 0) is 4.74 Å². The Labute approximate surface area is 135 Å². The van der Waals surface area contributed by atoms with Crippen molar-refractivity contribution in [2.45, 2.75) is 32.6 Å². The van der Waals surface area contributed by atoms with Crippen LogP contribution in [0.1, 0.15) is 48.5 Å². The molecule has 0 saturated heterocycles. The number of nitrogens with zero attached hydrogens (tertiary/aromatic N) is 1. The van der Waals surface area contributed by atoms with Gasteiger partial charge in [-0.25, -0.2) is 14.2 Å². The highest BCUT2D eigenvalue weighted by atomic mass is 19.1. The normalized spacial score (nSPS) is 10.7. The Morgan fingerprint density at radius 1 is 1.22 bits per heavy atom. The van der Waals surface area contributed by atoms with Crippen molar-refractivity contribution in [2.24, 2.45) is 0 Å². The van der Waals surface area contributed by atoms with E-state index >= 15 is 0 Å². The molecule has 5 heteroatoms. The van der Waals surface area contributed by atoms with Gasteiger partial charge in [-0.05, 0) is 42.5 Å². The highest BCUT2D eigenvalue weighted by Crippen LogP contribution is 2.27. The number of halogens is 1. The quantitative estimate of drug-likeness (QED) is 0.724. The number of methoxy groups -OCH3 is 1. The molecule has 0 aliphatic carbocycles. The van der Waals surface area contributed by atoms with E-state index in [-0.39, 0.29) is 11.4 Å². The summed E-state index contributed by atoms with van der Waals surface area (Å²) in [5.74, 6) is -0.516. The summed E-state index contributed by atoms with van der Waals surface area (Å²) in [6.07, 6.45) is 3.37. The van der Waals surface area contributed by atoms with E-state index in [9.17, 15) is 9.18 Å². The predicted molar refractivity (Wildman–Crippen MR) is 85.4 cm³/mol. The number of ether oxygens (including phenoxy) is 2. The Morgan fingerprint density at radius 2 is 1.87 bits per heavy atom. The zero-order chi connectivity index (χ0) is 16.8. The number of rotatable bonds is 6. The molecule has 0 amide bonds. The first-order chi connectivity index (χ1) is 11.1. The van der Waals surface area contributed by atoms with Gasteiger partial charge in [0, 0.05) is 6.20 Å². The molecule has 0 fully saturated rings. The fraction of sp³-hybridized carbons (Fsp3) is 0.333. The molecule has 1 heterocycles. The van der Waals surface area contributed by atoms with Gasteiger partial charge in [0.1, 0.15) is 5.75 Å². The van der Waals surface area contributed by atoms with Gasteiger partial charge in [0.2, 0.25) is 0 Å². The summed E-state index contributed by atoms with van der Waals surface area (Å²) in [5, 5.41) is 0. The second kappa shape index (κ2) is 7.72. The average Bonchev–Trinajstić information content (AvgIpc) is 2.58. The molecule has 122 valence electrons. The molecular weight excluding hydrogens is 297 g/mol. The zero-order valence-electron chi connectivity index (χ0n) is 13.5. The summed E-state index contributed by atoms with van der Waals surface area (Å²) >= 11 is 0. The summed E-state index contributed by atoms with van der Waals surface area (Å²) in [5.41, 5.74) is 1.28. The van der Waals surface area contributed by atoms with Crippen LogP contribution in [0.4, 0.5) is 4.39 Å². The minimum Gasteiger partial charge on any atom is -0.465 e. The molecule has 2 rings (SSSR count). The van der Waals surface area contributed by atoms with Gasteiger partial charge < -0.3 is 9.47 Å². The van der Waals surface area contributed by atoms with Crippen molar-refractivity contribution in [1.29, 1.82) is 0 Å². The molecule has 0 unspecified atom stereocenters. The molecule has 1 aromatic carbocycles. The van der Waals surface area contributed by atoms with E-state index in [0.717, 1.165) is 18.9 Å². The second-order valence-electron chi connectivity index (χ2n) is 5.19. The van der Waals surface area contributed by atoms with Crippen LogP contribution in [0.25, 0.3) is 0 Å². The van der Waals surface area contributed by atoms with E-state index in [4.69, 9.17) is 4.74 Å². The molecule has 0 bridgehead atoms. The second-order valence-corrected chi connectivity index (χ2v) is 5.19. The molecule has 0 aliphatic rings. The van der Waals surface area contributed by atoms with E-state index in [0.29, 0.717) is 11.7 Å². The fourth-order valence-electron chi connectivity index (χ4n) is 2.41. The third kappa shape index (κ3) is 4.06. The Morgan fingerprint density at radius 3 is 2.39 bits per heavy atom. The van der Waals surface area contributed by atoms with Gasteiger partial charge in [0.25, 0.3) is 5.88 Å². The van der Waals surface area contributed by atoms with Gasteiger partial charge in [0.15, 0.2) is 5.82 Å². The fourth-order valence-corrected chi connectivity index (χ4v) is 2.41. The van der Waals surface area contributed by atoms with Crippen LogP contribution in [0, 0.1) is 5.82 Å². The molecule has 0 atom stereocenters. The highest BCUT2D eigenvalue weighted by Gasteiger charge is 2.13. The largest absolute Gasteiger partial charge is 0.465 e. The third-order valence-corrected chi connectivity index (χ3v) is 3.78. The van der Waals surface area contributed by atoms with E-state index in [1.54, 1.807) is 12.1 Å². The summed E-state index contributed by atoms with van der Waals surface area (Å²) in [4.78, 5) is 15.2. The maximum atomic E-state index is 14.0. The number of hydrogen-bond acceptors (Lipinski definition) is 4. The zero-order valence-corrected chi connectivity index (χ0v) is 13.5. The van der Waals surface area contributed by atoms with E-state index < -0.39 is 11.8 Å². The highest BCUT2D eigenvalue weighted by molar-refractivity contribution is 5.88. The number of carbonyl (C=O) groups excluding carboxylic acids is 1. The lowest BCUT2D eigenvalue weighted by Gasteiger charge is -2.13. The molecule has 2 aromatic rings. The monoisotopic (exact) mass is 317 g/mol. The van der Waals surface area contributed by atoms with Crippen LogP contribution in [-0.4, -0.2) is 18.1 Å². The maximum absolute atomic E-state index is 14.0. The topological polar surface area (TPSA) is 48.4 Å². The van der Waals surface area contributed by atoms with Crippen molar-refractivity contribution in [2.75, 3.05) is 7.11 Å². The summed E-state index contributed by atoms with van der Waals surface area (Å²) in [7, 11) is 1.23. The van der Waals surface area contributed by atoms with Crippen LogP contribution in [0.15, 0.2) is 36.5 Å². The number of esters is 1. The maximum Gasteiger partial charge on any atom is 0.339 e. The van der Waals surface area contributed by atoms with Crippen LogP contribution >= 0.6 is 0 Å². The standard InChI is InChI=1S/C18H20FNO3/c1-4-12(5-2)13-6-8-15(9-7-13)23-17-16(19)10-14(11-20-17)18(21)22-3/h6-12H,4-5H2,1-3H3. The molecule has 0 spiro atoms. The SMILES string of the molecule is CCC(CC)c1ccc(Oc2ncc(C(=O)OC)cc2F)cc1. The van der Waals surface area contributed by atoms with Crippen molar-refractivity contribution in [3.05, 3.63) is 53.5 Å². The Bertz CT molecular complexity index is 666. The van der Waals surface area contributed by atoms with Gasteiger partial charge in [-0.1, -0.05) is 26.0 Å². The number of hydrogen-bond donors (Lipinski definition) is 0.